The second-order valence-corrected chi connectivity index (χ2v) is 5.01. The lowest BCUT2D eigenvalue weighted by Crippen LogP contribution is -2.48. The van der Waals surface area contributed by atoms with Gasteiger partial charge >= 0.3 is 0 Å². The maximum Gasteiger partial charge on any atom is 0.270 e. The first-order valence-electron chi connectivity index (χ1n) is 6.47. The molecule has 0 aromatic heterocycles. The standard InChI is InChI=1S/C13H16N4O4/c1-16-7-8(2-5-12(16)18)15-13(19)10-6-9(17(20)21)3-4-11(10)14/h3-4,6,8H,2,5,7,14H2,1H3,(H,15,19). The molecule has 2 amide bonds. The number of benzene rings is 1. The van der Waals surface area contributed by atoms with E-state index in [0.29, 0.717) is 19.4 Å². The van der Waals surface area contributed by atoms with Crippen LogP contribution in [0.25, 0.3) is 0 Å². The minimum Gasteiger partial charge on any atom is -0.398 e. The van der Waals surface area contributed by atoms with Gasteiger partial charge in [0.05, 0.1) is 10.5 Å². The van der Waals surface area contributed by atoms with Gasteiger partial charge in [-0.3, -0.25) is 19.7 Å². The van der Waals surface area contributed by atoms with Crippen molar-refractivity contribution in [1.29, 1.82) is 0 Å². The topological polar surface area (TPSA) is 119 Å². The number of nitrogens with two attached hydrogens (primary N) is 1. The molecule has 1 aliphatic heterocycles. The molecule has 112 valence electrons. The minimum absolute atomic E-state index is 0.0374. The molecule has 1 fully saturated rings. The number of hydrogen-bond donors (Lipinski definition) is 2. The van der Waals surface area contributed by atoms with Gasteiger partial charge in [-0.1, -0.05) is 0 Å². The zero-order valence-corrected chi connectivity index (χ0v) is 11.5. The number of rotatable bonds is 3. The van der Waals surface area contributed by atoms with Gasteiger partial charge in [0.2, 0.25) is 5.91 Å². The zero-order valence-electron chi connectivity index (χ0n) is 11.5. The first-order valence-corrected chi connectivity index (χ1v) is 6.47. The van der Waals surface area contributed by atoms with E-state index in [4.69, 9.17) is 5.73 Å². The molecule has 0 aliphatic carbocycles. The van der Waals surface area contributed by atoms with Crippen molar-refractivity contribution < 1.29 is 14.5 Å². The Labute approximate surface area is 121 Å². The van der Waals surface area contributed by atoms with E-state index in [9.17, 15) is 19.7 Å². The van der Waals surface area contributed by atoms with Crippen molar-refractivity contribution in [2.24, 2.45) is 0 Å². The second kappa shape index (κ2) is 5.78. The summed E-state index contributed by atoms with van der Waals surface area (Å²) in [6, 6.07) is 3.56. The van der Waals surface area contributed by atoms with E-state index in [1.807, 2.05) is 0 Å². The number of non-ortho nitro benzene ring substituents is 1. The number of carbonyl (C=O) groups is 2. The summed E-state index contributed by atoms with van der Waals surface area (Å²) in [6.07, 6.45) is 0.912. The van der Waals surface area contributed by atoms with Gasteiger partial charge < -0.3 is 16.0 Å². The molecule has 3 N–H and O–H groups in total. The molecule has 2 rings (SSSR count). The maximum atomic E-state index is 12.2. The average molecular weight is 292 g/mol. The Balaban J connectivity index is 2.11. The van der Waals surface area contributed by atoms with Crippen molar-refractivity contribution in [3.8, 4) is 0 Å². The van der Waals surface area contributed by atoms with Crippen molar-refractivity contribution >= 4 is 23.2 Å². The van der Waals surface area contributed by atoms with Crippen LogP contribution in [-0.4, -0.2) is 41.3 Å². The number of nitrogen functional groups attached to an aromatic ring is 1. The Morgan fingerprint density at radius 2 is 2.24 bits per heavy atom. The van der Waals surface area contributed by atoms with E-state index in [1.54, 1.807) is 11.9 Å². The fourth-order valence-electron chi connectivity index (χ4n) is 2.25. The van der Waals surface area contributed by atoms with E-state index in [1.165, 1.54) is 12.1 Å². The van der Waals surface area contributed by atoms with Gasteiger partial charge in [0.15, 0.2) is 0 Å². The van der Waals surface area contributed by atoms with Gasteiger partial charge in [0.25, 0.3) is 11.6 Å². The third kappa shape index (κ3) is 3.28. The first-order chi connectivity index (χ1) is 9.88. The van der Waals surface area contributed by atoms with Crippen molar-refractivity contribution in [3.05, 3.63) is 33.9 Å². The Morgan fingerprint density at radius 1 is 1.52 bits per heavy atom. The summed E-state index contributed by atoms with van der Waals surface area (Å²) < 4.78 is 0. The molecule has 0 bridgehead atoms. The highest BCUT2D eigenvalue weighted by Crippen LogP contribution is 2.20. The number of piperidine rings is 1. The quantitative estimate of drug-likeness (QED) is 0.478. The van der Waals surface area contributed by atoms with E-state index >= 15 is 0 Å². The number of nitro groups is 1. The molecule has 1 saturated heterocycles. The van der Waals surface area contributed by atoms with Crippen molar-refractivity contribution in [2.75, 3.05) is 19.3 Å². The van der Waals surface area contributed by atoms with Crippen LogP contribution in [0.1, 0.15) is 23.2 Å². The Hall–Kier alpha value is -2.64. The highest BCUT2D eigenvalue weighted by molar-refractivity contribution is 6.00. The normalized spacial score (nSPS) is 18.4. The summed E-state index contributed by atoms with van der Waals surface area (Å²) in [5, 5.41) is 13.5. The number of hydrogen-bond acceptors (Lipinski definition) is 5. The molecule has 1 atom stereocenters. The molecule has 0 radical (unpaired) electrons. The summed E-state index contributed by atoms with van der Waals surface area (Å²) in [7, 11) is 1.67. The van der Waals surface area contributed by atoms with E-state index < -0.39 is 10.8 Å². The van der Waals surface area contributed by atoms with Crippen LogP contribution in [0.4, 0.5) is 11.4 Å². The molecular formula is C13H16N4O4. The van der Waals surface area contributed by atoms with Crippen LogP contribution in [-0.2, 0) is 4.79 Å². The van der Waals surface area contributed by atoms with Gasteiger partial charge in [-0.05, 0) is 12.5 Å². The lowest BCUT2D eigenvalue weighted by molar-refractivity contribution is -0.384. The number of likely N-dealkylation sites (tertiary alicyclic amines) is 1. The van der Waals surface area contributed by atoms with Crippen LogP contribution in [0.3, 0.4) is 0 Å². The average Bonchev–Trinajstić information content (AvgIpc) is 2.43. The molecule has 1 aromatic carbocycles. The third-order valence-electron chi connectivity index (χ3n) is 3.45. The Morgan fingerprint density at radius 3 is 2.86 bits per heavy atom. The fourth-order valence-corrected chi connectivity index (χ4v) is 2.25. The third-order valence-corrected chi connectivity index (χ3v) is 3.45. The summed E-state index contributed by atoms with van der Waals surface area (Å²) in [5.74, 6) is -0.431. The SMILES string of the molecule is CN1CC(NC(=O)c2cc([N+](=O)[O-])ccc2N)CCC1=O. The smallest absolute Gasteiger partial charge is 0.270 e. The molecule has 8 nitrogen and oxygen atoms in total. The highest BCUT2D eigenvalue weighted by Gasteiger charge is 2.25. The number of anilines is 1. The van der Waals surface area contributed by atoms with Crippen LogP contribution in [0.5, 0.6) is 0 Å². The van der Waals surface area contributed by atoms with Gasteiger partial charge in [-0.2, -0.15) is 0 Å². The van der Waals surface area contributed by atoms with Crippen LogP contribution in [0.15, 0.2) is 18.2 Å². The summed E-state index contributed by atoms with van der Waals surface area (Å²) in [4.78, 5) is 35.3. The number of nitrogens with zero attached hydrogens (tertiary/aromatic N) is 2. The minimum atomic E-state index is -0.580. The maximum absolute atomic E-state index is 12.2. The molecule has 1 heterocycles. The van der Waals surface area contributed by atoms with Crippen molar-refractivity contribution in [2.45, 2.75) is 18.9 Å². The lowest BCUT2D eigenvalue weighted by atomic mass is 10.0. The molecule has 1 unspecified atom stereocenters. The van der Waals surface area contributed by atoms with Gasteiger partial charge in [0.1, 0.15) is 0 Å². The fraction of sp³-hybridized carbons (Fsp3) is 0.385. The number of carbonyl (C=O) groups excluding carboxylic acids is 2. The van der Waals surface area contributed by atoms with Crippen molar-refractivity contribution in [3.63, 3.8) is 0 Å². The van der Waals surface area contributed by atoms with Crippen LogP contribution >= 0.6 is 0 Å². The zero-order chi connectivity index (χ0) is 15.6. The largest absolute Gasteiger partial charge is 0.398 e. The number of nitrogens with one attached hydrogen (secondary N) is 1. The summed E-state index contributed by atoms with van der Waals surface area (Å²) in [5.41, 5.74) is 5.76. The molecule has 1 aliphatic rings. The van der Waals surface area contributed by atoms with E-state index in [2.05, 4.69) is 5.32 Å². The molecule has 8 heteroatoms. The Bertz CT molecular complexity index is 602. The highest BCUT2D eigenvalue weighted by atomic mass is 16.6. The van der Waals surface area contributed by atoms with Crippen molar-refractivity contribution in [1.82, 2.24) is 10.2 Å². The van der Waals surface area contributed by atoms with Crippen LogP contribution in [0.2, 0.25) is 0 Å². The first kappa shape index (κ1) is 14.8. The van der Waals surface area contributed by atoms with Gasteiger partial charge in [-0.15, -0.1) is 0 Å². The Kier molecular flexibility index (Phi) is 4.06. The number of likely N-dealkylation sites (N-methyl/N-ethyl adjacent to an activating group) is 1. The van der Waals surface area contributed by atoms with E-state index in [-0.39, 0.29) is 28.9 Å². The molecule has 1 aromatic rings. The predicted octanol–water partition coefficient (Wildman–Crippen LogP) is 0.528. The van der Waals surface area contributed by atoms with E-state index in [0.717, 1.165) is 6.07 Å². The van der Waals surface area contributed by atoms with Crippen LogP contribution < -0.4 is 11.1 Å². The predicted molar refractivity (Wildman–Crippen MR) is 75.6 cm³/mol. The van der Waals surface area contributed by atoms with Gasteiger partial charge in [-0.25, -0.2) is 0 Å². The monoisotopic (exact) mass is 292 g/mol. The molecular weight excluding hydrogens is 276 g/mol. The van der Waals surface area contributed by atoms with Crippen LogP contribution in [0, 0.1) is 10.1 Å². The van der Waals surface area contributed by atoms with Gasteiger partial charge in [0, 0.05) is 43.9 Å². The summed E-state index contributed by atoms with van der Waals surface area (Å²) >= 11 is 0. The molecule has 21 heavy (non-hydrogen) atoms. The molecule has 0 spiro atoms. The second-order valence-electron chi connectivity index (χ2n) is 5.01. The lowest BCUT2D eigenvalue weighted by Gasteiger charge is -2.30. The molecule has 0 saturated carbocycles. The summed E-state index contributed by atoms with van der Waals surface area (Å²) in [6.45, 7) is 0.416. The number of nitro benzene ring substituents is 1. The number of amides is 2.